The van der Waals surface area contributed by atoms with E-state index in [-0.39, 0.29) is 5.78 Å². The van der Waals surface area contributed by atoms with Gasteiger partial charge in [0, 0.05) is 11.1 Å². The molecule has 0 N–H and O–H groups in total. The largest absolute Gasteiger partial charge is 0.289 e. The molecule has 0 unspecified atom stereocenters. The second kappa shape index (κ2) is 7.04. The van der Waals surface area contributed by atoms with Gasteiger partial charge in [0.1, 0.15) is 0 Å². The second-order valence-corrected chi connectivity index (χ2v) is 5.62. The first-order valence-corrected chi connectivity index (χ1v) is 7.55. The minimum Gasteiger partial charge on any atom is -0.289 e. The maximum Gasteiger partial charge on any atom is 0.193 e. The molecular formula is C21H22O. The number of rotatable bonds is 4. The van der Waals surface area contributed by atoms with Gasteiger partial charge in [-0.15, -0.1) is 0 Å². The number of benzene rings is 2. The van der Waals surface area contributed by atoms with E-state index in [2.05, 4.69) is 12.1 Å². The summed E-state index contributed by atoms with van der Waals surface area (Å²) in [6, 6.07) is 18.0. The molecule has 0 aromatic heterocycles. The molecule has 2 rings (SSSR count). The third-order valence-electron chi connectivity index (χ3n) is 3.81. The van der Waals surface area contributed by atoms with Crippen molar-refractivity contribution in [2.45, 2.75) is 27.7 Å². The number of Topliss-reactive ketones (excluding diaryl/α,β-unsaturated/α-hetero) is 1. The van der Waals surface area contributed by atoms with Crippen LogP contribution in [0, 0.1) is 0 Å². The Balaban J connectivity index is 2.35. The van der Waals surface area contributed by atoms with Gasteiger partial charge in [-0.25, -0.2) is 0 Å². The van der Waals surface area contributed by atoms with Crippen LogP contribution in [0.4, 0.5) is 0 Å². The highest BCUT2D eigenvalue weighted by Gasteiger charge is 2.15. The molecule has 0 aliphatic carbocycles. The fourth-order valence-corrected chi connectivity index (χ4v) is 2.53. The SMILES string of the molecule is C/C=C(/C)C(C(=O)c1ccc(-c2ccccc2)cc1)=C(C)C. The molecular weight excluding hydrogens is 268 g/mol. The van der Waals surface area contributed by atoms with E-state index in [1.165, 1.54) is 0 Å². The van der Waals surface area contributed by atoms with Gasteiger partial charge in [-0.3, -0.25) is 4.79 Å². The van der Waals surface area contributed by atoms with E-state index in [1.807, 2.05) is 76.2 Å². The highest BCUT2D eigenvalue weighted by molar-refractivity contribution is 6.12. The molecule has 1 heteroatoms. The summed E-state index contributed by atoms with van der Waals surface area (Å²) in [6.07, 6.45) is 1.98. The van der Waals surface area contributed by atoms with Gasteiger partial charge in [-0.1, -0.05) is 66.2 Å². The maximum absolute atomic E-state index is 12.7. The lowest BCUT2D eigenvalue weighted by atomic mass is 9.93. The Morgan fingerprint density at radius 3 is 1.86 bits per heavy atom. The first-order valence-electron chi connectivity index (χ1n) is 7.55. The zero-order valence-corrected chi connectivity index (χ0v) is 13.7. The van der Waals surface area contributed by atoms with E-state index >= 15 is 0 Å². The van der Waals surface area contributed by atoms with Crippen LogP contribution in [-0.4, -0.2) is 5.78 Å². The number of allylic oxidation sites excluding steroid dienone is 4. The molecule has 0 fully saturated rings. The van der Waals surface area contributed by atoms with Crippen LogP contribution in [-0.2, 0) is 0 Å². The van der Waals surface area contributed by atoms with Gasteiger partial charge < -0.3 is 0 Å². The van der Waals surface area contributed by atoms with Crippen molar-refractivity contribution in [2.75, 3.05) is 0 Å². The number of hydrogen-bond acceptors (Lipinski definition) is 1. The molecule has 2 aromatic rings. The van der Waals surface area contributed by atoms with Crippen molar-refractivity contribution in [3.05, 3.63) is 83.0 Å². The first-order chi connectivity index (χ1) is 10.5. The van der Waals surface area contributed by atoms with Crippen LogP contribution in [0.15, 0.2) is 77.4 Å². The average molecular weight is 290 g/mol. The Morgan fingerprint density at radius 1 is 0.818 bits per heavy atom. The van der Waals surface area contributed by atoms with E-state index in [9.17, 15) is 4.79 Å². The monoisotopic (exact) mass is 290 g/mol. The highest BCUT2D eigenvalue weighted by atomic mass is 16.1. The van der Waals surface area contributed by atoms with E-state index in [4.69, 9.17) is 0 Å². The predicted molar refractivity (Wildman–Crippen MR) is 94.0 cm³/mol. The van der Waals surface area contributed by atoms with Crippen molar-refractivity contribution in [3.8, 4) is 11.1 Å². The van der Waals surface area contributed by atoms with Gasteiger partial charge in [0.2, 0.25) is 0 Å². The zero-order valence-electron chi connectivity index (χ0n) is 13.7. The molecule has 0 aliphatic rings. The van der Waals surface area contributed by atoms with Crippen LogP contribution < -0.4 is 0 Å². The number of carbonyl (C=O) groups is 1. The predicted octanol–water partition coefficient (Wildman–Crippen LogP) is 5.84. The molecule has 112 valence electrons. The third kappa shape index (κ3) is 3.43. The number of ketones is 1. The summed E-state index contributed by atoms with van der Waals surface area (Å²) in [5.41, 5.74) is 5.91. The van der Waals surface area contributed by atoms with Crippen LogP contribution in [0.3, 0.4) is 0 Å². The quantitative estimate of drug-likeness (QED) is 0.393. The standard InChI is InChI=1S/C21H22O/c1-5-16(4)20(15(2)3)21(22)19-13-11-18(12-14-19)17-9-7-6-8-10-17/h5-14H,1-4H3/b16-5-. The van der Waals surface area contributed by atoms with Gasteiger partial charge in [-0.05, 0) is 44.4 Å². The molecule has 0 aliphatic heterocycles. The fourth-order valence-electron chi connectivity index (χ4n) is 2.53. The van der Waals surface area contributed by atoms with E-state index in [1.54, 1.807) is 0 Å². The van der Waals surface area contributed by atoms with Crippen LogP contribution in [0.1, 0.15) is 38.1 Å². The summed E-state index contributed by atoms with van der Waals surface area (Å²) in [6.45, 7) is 7.92. The van der Waals surface area contributed by atoms with Crippen molar-refractivity contribution < 1.29 is 4.79 Å². The van der Waals surface area contributed by atoms with Gasteiger partial charge in [0.15, 0.2) is 5.78 Å². The minimum atomic E-state index is 0.0928. The molecule has 1 nitrogen and oxygen atoms in total. The Hall–Kier alpha value is -2.41. The molecule has 0 saturated carbocycles. The van der Waals surface area contributed by atoms with Crippen molar-refractivity contribution in [2.24, 2.45) is 0 Å². The molecule has 0 amide bonds. The molecule has 0 spiro atoms. The Bertz CT molecular complexity index is 712. The minimum absolute atomic E-state index is 0.0928. The Kier molecular flexibility index (Phi) is 5.11. The van der Waals surface area contributed by atoms with Crippen molar-refractivity contribution >= 4 is 5.78 Å². The van der Waals surface area contributed by atoms with Crippen molar-refractivity contribution in [3.63, 3.8) is 0 Å². The molecule has 0 heterocycles. The van der Waals surface area contributed by atoms with Gasteiger partial charge in [0.05, 0.1) is 0 Å². The summed E-state index contributed by atoms with van der Waals surface area (Å²) in [7, 11) is 0. The van der Waals surface area contributed by atoms with Gasteiger partial charge >= 0.3 is 0 Å². The lowest BCUT2D eigenvalue weighted by molar-refractivity contribution is 0.103. The normalized spacial score (nSPS) is 11.2. The lowest BCUT2D eigenvalue weighted by Crippen LogP contribution is -2.06. The Labute approximate surface area is 133 Å². The van der Waals surface area contributed by atoms with E-state index in [0.29, 0.717) is 0 Å². The molecule has 2 aromatic carbocycles. The maximum atomic E-state index is 12.7. The van der Waals surface area contributed by atoms with Crippen molar-refractivity contribution in [1.29, 1.82) is 0 Å². The first kappa shape index (κ1) is 16.0. The van der Waals surface area contributed by atoms with Crippen LogP contribution in [0.25, 0.3) is 11.1 Å². The average Bonchev–Trinajstić information content (AvgIpc) is 2.55. The summed E-state index contributed by atoms with van der Waals surface area (Å²) in [5, 5.41) is 0. The molecule has 0 radical (unpaired) electrons. The number of hydrogen-bond donors (Lipinski definition) is 0. The third-order valence-corrected chi connectivity index (χ3v) is 3.81. The van der Waals surface area contributed by atoms with Crippen molar-refractivity contribution in [1.82, 2.24) is 0 Å². The second-order valence-electron chi connectivity index (χ2n) is 5.62. The van der Waals surface area contributed by atoms with Crippen LogP contribution in [0.2, 0.25) is 0 Å². The highest BCUT2D eigenvalue weighted by Crippen LogP contribution is 2.23. The smallest absolute Gasteiger partial charge is 0.193 e. The summed E-state index contributed by atoms with van der Waals surface area (Å²) in [5.74, 6) is 0.0928. The molecule has 0 atom stereocenters. The van der Waals surface area contributed by atoms with Crippen LogP contribution in [0.5, 0.6) is 0 Å². The molecule has 0 bridgehead atoms. The number of carbonyl (C=O) groups excluding carboxylic acids is 1. The van der Waals surface area contributed by atoms with E-state index < -0.39 is 0 Å². The zero-order chi connectivity index (χ0) is 16.1. The van der Waals surface area contributed by atoms with Gasteiger partial charge in [-0.2, -0.15) is 0 Å². The summed E-state index contributed by atoms with van der Waals surface area (Å²) < 4.78 is 0. The molecule has 0 saturated heterocycles. The van der Waals surface area contributed by atoms with Gasteiger partial charge in [0.25, 0.3) is 0 Å². The molecule has 22 heavy (non-hydrogen) atoms. The summed E-state index contributed by atoms with van der Waals surface area (Å²) >= 11 is 0. The summed E-state index contributed by atoms with van der Waals surface area (Å²) in [4.78, 5) is 12.7. The van der Waals surface area contributed by atoms with Crippen LogP contribution >= 0.6 is 0 Å². The lowest BCUT2D eigenvalue weighted by Gasteiger charge is -2.10. The van der Waals surface area contributed by atoms with E-state index in [0.717, 1.165) is 33.4 Å². The Morgan fingerprint density at radius 2 is 1.36 bits per heavy atom. The fraction of sp³-hybridized carbons (Fsp3) is 0.190. The topological polar surface area (TPSA) is 17.1 Å².